The van der Waals surface area contributed by atoms with Crippen LogP contribution < -0.4 is 4.74 Å². The first-order valence-electron chi connectivity index (χ1n) is 5.46. The lowest BCUT2D eigenvalue weighted by molar-refractivity contribution is 0.0990. The zero-order valence-corrected chi connectivity index (χ0v) is 10.5. The molecule has 88 valence electrons. The van der Waals surface area contributed by atoms with Gasteiger partial charge < -0.3 is 4.74 Å². The Morgan fingerprint density at radius 3 is 2.59 bits per heavy atom. The lowest BCUT2D eigenvalue weighted by atomic mass is 10.0. The van der Waals surface area contributed by atoms with E-state index in [9.17, 15) is 4.79 Å². The standard InChI is InChI=1S/C14H14O2S/c1-16-13-5-4-10-8-12(14(15)6-7-17)3-2-11(10)9-13/h2-5,8-9,17H,6-7H2,1H3. The normalized spacial score (nSPS) is 10.5. The lowest BCUT2D eigenvalue weighted by Crippen LogP contribution is -1.99. The van der Waals surface area contributed by atoms with Gasteiger partial charge >= 0.3 is 0 Å². The summed E-state index contributed by atoms with van der Waals surface area (Å²) in [4.78, 5) is 11.7. The van der Waals surface area contributed by atoms with Gasteiger partial charge in [0.05, 0.1) is 7.11 Å². The van der Waals surface area contributed by atoms with Crippen LogP contribution in [0.25, 0.3) is 10.8 Å². The molecule has 0 amide bonds. The van der Waals surface area contributed by atoms with Crippen LogP contribution in [0.1, 0.15) is 16.8 Å². The molecular formula is C14H14O2S. The molecule has 0 heterocycles. The molecule has 0 bridgehead atoms. The number of methoxy groups -OCH3 is 1. The van der Waals surface area contributed by atoms with Gasteiger partial charge in [0, 0.05) is 12.0 Å². The van der Waals surface area contributed by atoms with Crippen LogP contribution in [0, 0.1) is 0 Å². The quantitative estimate of drug-likeness (QED) is 0.661. The number of thiol groups is 1. The smallest absolute Gasteiger partial charge is 0.163 e. The Balaban J connectivity index is 2.41. The van der Waals surface area contributed by atoms with Crippen molar-refractivity contribution in [2.75, 3.05) is 12.9 Å². The minimum Gasteiger partial charge on any atom is -0.497 e. The third-order valence-corrected chi connectivity index (χ3v) is 2.93. The number of benzene rings is 2. The van der Waals surface area contributed by atoms with E-state index in [4.69, 9.17) is 4.74 Å². The highest BCUT2D eigenvalue weighted by molar-refractivity contribution is 7.80. The molecule has 0 saturated carbocycles. The van der Waals surface area contributed by atoms with Gasteiger partial charge in [-0.05, 0) is 34.7 Å². The highest BCUT2D eigenvalue weighted by Gasteiger charge is 2.05. The maximum atomic E-state index is 11.7. The van der Waals surface area contributed by atoms with E-state index in [1.807, 2.05) is 36.4 Å². The predicted octanol–water partition coefficient (Wildman–Crippen LogP) is 3.35. The number of hydrogen-bond acceptors (Lipinski definition) is 3. The van der Waals surface area contributed by atoms with Crippen molar-refractivity contribution in [3.8, 4) is 5.75 Å². The summed E-state index contributed by atoms with van der Waals surface area (Å²) in [7, 11) is 1.64. The second kappa shape index (κ2) is 5.23. The fourth-order valence-electron chi connectivity index (χ4n) is 1.77. The second-order valence-electron chi connectivity index (χ2n) is 3.82. The topological polar surface area (TPSA) is 26.3 Å². The largest absolute Gasteiger partial charge is 0.497 e. The summed E-state index contributed by atoms with van der Waals surface area (Å²) in [6, 6.07) is 11.5. The SMILES string of the molecule is COc1ccc2cc(C(=O)CCS)ccc2c1. The van der Waals surface area contributed by atoms with E-state index >= 15 is 0 Å². The van der Waals surface area contributed by atoms with Crippen LogP contribution in [-0.2, 0) is 0 Å². The first-order chi connectivity index (χ1) is 8.24. The van der Waals surface area contributed by atoms with Gasteiger partial charge in [-0.3, -0.25) is 4.79 Å². The van der Waals surface area contributed by atoms with Gasteiger partial charge in [-0.15, -0.1) is 0 Å². The molecule has 0 aliphatic rings. The van der Waals surface area contributed by atoms with Crippen molar-refractivity contribution in [1.82, 2.24) is 0 Å². The molecule has 2 rings (SSSR count). The molecule has 0 aliphatic carbocycles. The van der Waals surface area contributed by atoms with Crippen LogP contribution in [0.2, 0.25) is 0 Å². The maximum absolute atomic E-state index is 11.7. The van der Waals surface area contributed by atoms with Crippen molar-refractivity contribution >= 4 is 29.2 Å². The number of rotatable bonds is 4. The predicted molar refractivity (Wildman–Crippen MR) is 73.3 cm³/mol. The molecule has 0 aromatic heterocycles. The van der Waals surface area contributed by atoms with Crippen molar-refractivity contribution in [3.63, 3.8) is 0 Å². The van der Waals surface area contributed by atoms with Gasteiger partial charge in [0.15, 0.2) is 5.78 Å². The Labute approximate surface area is 106 Å². The van der Waals surface area contributed by atoms with Gasteiger partial charge in [-0.2, -0.15) is 12.6 Å². The van der Waals surface area contributed by atoms with Crippen molar-refractivity contribution in [2.45, 2.75) is 6.42 Å². The molecule has 0 N–H and O–H groups in total. The summed E-state index contributed by atoms with van der Waals surface area (Å²) >= 11 is 4.07. The maximum Gasteiger partial charge on any atom is 0.163 e. The molecular weight excluding hydrogens is 232 g/mol. The average molecular weight is 246 g/mol. The summed E-state index contributed by atoms with van der Waals surface area (Å²) in [5, 5.41) is 2.13. The van der Waals surface area contributed by atoms with Crippen LogP contribution >= 0.6 is 12.6 Å². The molecule has 0 fully saturated rings. The van der Waals surface area contributed by atoms with Crippen LogP contribution in [0.15, 0.2) is 36.4 Å². The van der Waals surface area contributed by atoms with Gasteiger partial charge in [-0.25, -0.2) is 0 Å². The monoisotopic (exact) mass is 246 g/mol. The molecule has 0 unspecified atom stereocenters. The first-order valence-corrected chi connectivity index (χ1v) is 6.09. The molecule has 0 spiro atoms. The van der Waals surface area contributed by atoms with Crippen molar-refractivity contribution in [1.29, 1.82) is 0 Å². The molecule has 2 aromatic carbocycles. The molecule has 2 aromatic rings. The van der Waals surface area contributed by atoms with Crippen LogP contribution in [0.4, 0.5) is 0 Å². The Kier molecular flexibility index (Phi) is 3.69. The molecule has 0 saturated heterocycles. The second-order valence-corrected chi connectivity index (χ2v) is 4.27. The van der Waals surface area contributed by atoms with Crippen molar-refractivity contribution in [2.24, 2.45) is 0 Å². The third-order valence-electron chi connectivity index (χ3n) is 2.71. The minimum atomic E-state index is 0.137. The summed E-state index contributed by atoms with van der Waals surface area (Å²) in [5.41, 5.74) is 0.747. The lowest BCUT2D eigenvalue weighted by Gasteiger charge is -2.04. The summed E-state index contributed by atoms with van der Waals surface area (Å²) in [6.45, 7) is 0. The van der Waals surface area contributed by atoms with Crippen molar-refractivity contribution < 1.29 is 9.53 Å². The van der Waals surface area contributed by atoms with Gasteiger partial charge in [0.25, 0.3) is 0 Å². The number of carbonyl (C=O) groups is 1. The van der Waals surface area contributed by atoms with E-state index in [1.54, 1.807) is 7.11 Å². The summed E-state index contributed by atoms with van der Waals surface area (Å²) in [6.07, 6.45) is 0.477. The third kappa shape index (κ3) is 2.61. The molecule has 3 heteroatoms. The van der Waals surface area contributed by atoms with E-state index < -0.39 is 0 Å². The van der Waals surface area contributed by atoms with Gasteiger partial charge in [-0.1, -0.05) is 18.2 Å². The Bertz CT molecular complexity index is 549. The Morgan fingerprint density at radius 1 is 1.18 bits per heavy atom. The van der Waals surface area contributed by atoms with E-state index in [0.29, 0.717) is 12.2 Å². The Hall–Kier alpha value is -1.48. The van der Waals surface area contributed by atoms with Gasteiger partial charge in [0.1, 0.15) is 5.75 Å². The highest BCUT2D eigenvalue weighted by atomic mass is 32.1. The van der Waals surface area contributed by atoms with E-state index in [2.05, 4.69) is 12.6 Å². The number of carbonyl (C=O) groups excluding carboxylic acids is 1. The summed E-state index contributed by atoms with van der Waals surface area (Å²) < 4.78 is 5.16. The number of ketones is 1. The average Bonchev–Trinajstić information content (AvgIpc) is 2.37. The summed E-state index contributed by atoms with van der Waals surface area (Å²) in [5.74, 6) is 1.55. The molecule has 0 atom stereocenters. The van der Waals surface area contributed by atoms with E-state index in [-0.39, 0.29) is 5.78 Å². The molecule has 17 heavy (non-hydrogen) atoms. The Morgan fingerprint density at radius 2 is 1.88 bits per heavy atom. The van der Waals surface area contributed by atoms with E-state index in [0.717, 1.165) is 22.1 Å². The van der Waals surface area contributed by atoms with Gasteiger partial charge in [0.2, 0.25) is 0 Å². The number of Topliss-reactive ketones (excluding diaryl/α,β-unsaturated/α-hetero) is 1. The fraction of sp³-hybridized carbons (Fsp3) is 0.214. The minimum absolute atomic E-state index is 0.137. The zero-order valence-electron chi connectivity index (χ0n) is 9.64. The fourth-order valence-corrected chi connectivity index (χ4v) is 1.97. The van der Waals surface area contributed by atoms with E-state index in [1.165, 1.54) is 0 Å². The number of fused-ring (bicyclic) bond motifs is 1. The number of hydrogen-bond donors (Lipinski definition) is 1. The van der Waals surface area contributed by atoms with Crippen LogP contribution in [-0.4, -0.2) is 18.6 Å². The molecule has 2 nitrogen and oxygen atoms in total. The van der Waals surface area contributed by atoms with Crippen molar-refractivity contribution in [3.05, 3.63) is 42.0 Å². The van der Waals surface area contributed by atoms with Crippen LogP contribution in [0.3, 0.4) is 0 Å². The number of ether oxygens (including phenoxy) is 1. The van der Waals surface area contributed by atoms with Crippen LogP contribution in [0.5, 0.6) is 5.75 Å². The highest BCUT2D eigenvalue weighted by Crippen LogP contribution is 2.22. The molecule has 0 radical (unpaired) electrons. The first kappa shape index (κ1) is 12.0. The zero-order chi connectivity index (χ0) is 12.3. The molecule has 0 aliphatic heterocycles.